The number of anilines is 4. The first kappa shape index (κ1) is 31.1. The summed E-state index contributed by atoms with van der Waals surface area (Å²) in [5.41, 5.74) is 18.5. The van der Waals surface area contributed by atoms with Crippen LogP contribution in [0.15, 0.2) is 112 Å². The van der Waals surface area contributed by atoms with Gasteiger partial charge in [-0.25, -0.2) is 0 Å². The molecule has 222 valence electrons. The highest BCUT2D eigenvalue weighted by atomic mass is 32.2. The van der Waals surface area contributed by atoms with Crippen molar-refractivity contribution in [1.82, 2.24) is 4.98 Å². The molecule has 11 heteroatoms. The molecular formula is C33H31N7S4. The number of nitrogens with two attached hydrogens (primary N) is 2. The molecule has 0 radical (unpaired) electrons. The molecule has 3 heterocycles. The van der Waals surface area contributed by atoms with E-state index in [1.165, 1.54) is 33.8 Å². The number of nitrogen functional groups attached to an aromatic ring is 2. The first-order chi connectivity index (χ1) is 21.3. The molecular weight excluding hydrogens is 623 g/mol. The van der Waals surface area contributed by atoms with Crippen LogP contribution >= 0.6 is 46.2 Å². The monoisotopic (exact) mass is 653 g/mol. The van der Waals surface area contributed by atoms with Gasteiger partial charge in [-0.1, -0.05) is 48.5 Å². The molecule has 6 rings (SSSR count). The highest BCUT2D eigenvalue weighted by Gasteiger charge is 2.12. The lowest BCUT2D eigenvalue weighted by Crippen LogP contribution is -2.08. The predicted molar refractivity (Wildman–Crippen MR) is 194 cm³/mol. The molecule has 44 heavy (non-hydrogen) atoms. The number of pyridine rings is 1. The molecule has 0 saturated carbocycles. The Bertz CT molecular complexity index is 1910. The minimum Gasteiger partial charge on any atom is -0.383 e. The molecule has 0 aliphatic rings. The standard InChI is InChI=1S/C18H17N3S2.C15H14N4S2/c1-22-18-15(11-16(23-18)17(19)20)21-14-9-5-8-13(10-14)12-6-3-2-4-7-12;1-20-15-12(8-13(21-15)14(16)17)19-10-4-5-11-9(7-10)3-2-6-18-11/h2-11,21H,1H3,(H3,19,20);2-8,19H,1H3,(H3,16,17). The van der Waals surface area contributed by atoms with Gasteiger partial charge in [0, 0.05) is 23.0 Å². The first-order valence-electron chi connectivity index (χ1n) is 13.4. The zero-order valence-electron chi connectivity index (χ0n) is 24.0. The summed E-state index contributed by atoms with van der Waals surface area (Å²) in [6, 6.07) is 32.5. The molecule has 0 bridgehead atoms. The smallest absolute Gasteiger partial charge is 0.133 e. The first-order valence-corrected chi connectivity index (χ1v) is 17.5. The van der Waals surface area contributed by atoms with Gasteiger partial charge in [-0.15, -0.1) is 46.2 Å². The third-order valence-corrected chi connectivity index (χ3v) is 11.0. The van der Waals surface area contributed by atoms with Gasteiger partial charge in [0.25, 0.3) is 0 Å². The van der Waals surface area contributed by atoms with E-state index in [4.69, 9.17) is 22.3 Å². The molecule has 8 N–H and O–H groups in total. The molecule has 3 aromatic heterocycles. The molecule has 0 aliphatic heterocycles. The Morgan fingerprint density at radius 3 is 1.84 bits per heavy atom. The minimum atomic E-state index is 0.103. The second-order valence-electron chi connectivity index (χ2n) is 9.47. The van der Waals surface area contributed by atoms with Crippen molar-refractivity contribution in [3.05, 3.63) is 113 Å². The summed E-state index contributed by atoms with van der Waals surface area (Å²) in [7, 11) is 0. The van der Waals surface area contributed by atoms with E-state index < -0.39 is 0 Å². The van der Waals surface area contributed by atoms with Crippen molar-refractivity contribution in [2.24, 2.45) is 11.5 Å². The highest BCUT2D eigenvalue weighted by Crippen LogP contribution is 2.38. The van der Waals surface area contributed by atoms with E-state index in [2.05, 4.69) is 45.9 Å². The van der Waals surface area contributed by atoms with E-state index in [0.717, 1.165) is 51.8 Å². The van der Waals surface area contributed by atoms with E-state index in [1.807, 2.05) is 79.2 Å². The lowest BCUT2D eigenvalue weighted by Gasteiger charge is -2.08. The normalized spacial score (nSPS) is 10.6. The van der Waals surface area contributed by atoms with Gasteiger partial charge in [-0.2, -0.15) is 0 Å². The number of thioether (sulfide) groups is 2. The SMILES string of the molecule is CSc1sc(C(=N)N)cc1Nc1ccc2ncccc2c1.CSc1sc(C(=N)N)cc1Nc1cccc(-c2ccccc2)c1. The van der Waals surface area contributed by atoms with E-state index >= 15 is 0 Å². The van der Waals surface area contributed by atoms with Crippen molar-refractivity contribution in [3.8, 4) is 11.1 Å². The van der Waals surface area contributed by atoms with E-state index in [0.29, 0.717) is 0 Å². The maximum atomic E-state index is 7.60. The fourth-order valence-electron chi connectivity index (χ4n) is 4.36. The van der Waals surface area contributed by atoms with Gasteiger partial charge < -0.3 is 22.1 Å². The Hall–Kier alpha value is -4.29. The number of hydrogen-bond acceptors (Lipinski definition) is 9. The van der Waals surface area contributed by atoms with Gasteiger partial charge in [-0.3, -0.25) is 15.8 Å². The van der Waals surface area contributed by atoms with E-state index in [9.17, 15) is 0 Å². The van der Waals surface area contributed by atoms with Crippen LogP contribution in [-0.4, -0.2) is 29.2 Å². The van der Waals surface area contributed by atoms with Crippen molar-refractivity contribution < 1.29 is 0 Å². The van der Waals surface area contributed by atoms with Gasteiger partial charge in [0.1, 0.15) is 11.7 Å². The van der Waals surface area contributed by atoms with Crippen LogP contribution in [0.1, 0.15) is 9.75 Å². The Morgan fingerprint density at radius 2 is 1.25 bits per heavy atom. The van der Waals surface area contributed by atoms with Gasteiger partial charge in [-0.05, 0) is 72.2 Å². The zero-order chi connectivity index (χ0) is 31.1. The van der Waals surface area contributed by atoms with Crippen LogP contribution in [-0.2, 0) is 0 Å². The number of amidine groups is 2. The number of nitrogens with one attached hydrogen (secondary N) is 4. The second-order valence-corrected chi connectivity index (χ2v) is 13.7. The quantitative estimate of drug-likeness (QED) is 0.0520. The Morgan fingerprint density at radius 1 is 0.659 bits per heavy atom. The van der Waals surface area contributed by atoms with Crippen LogP contribution in [0.5, 0.6) is 0 Å². The van der Waals surface area contributed by atoms with Crippen molar-refractivity contribution in [1.29, 1.82) is 10.8 Å². The molecule has 0 fully saturated rings. The molecule has 0 aliphatic carbocycles. The van der Waals surface area contributed by atoms with Crippen LogP contribution in [0.2, 0.25) is 0 Å². The Labute approximate surface area is 273 Å². The number of nitrogens with zero attached hydrogens (tertiary/aromatic N) is 1. The van der Waals surface area contributed by atoms with Crippen molar-refractivity contribution in [2.75, 3.05) is 23.1 Å². The summed E-state index contributed by atoms with van der Waals surface area (Å²) in [6.45, 7) is 0. The van der Waals surface area contributed by atoms with Crippen LogP contribution in [0.3, 0.4) is 0 Å². The molecule has 0 amide bonds. The third kappa shape index (κ3) is 7.61. The summed E-state index contributed by atoms with van der Waals surface area (Å²) in [6.07, 6.45) is 5.84. The number of fused-ring (bicyclic) bond motifs is 1. The van der Waals surface area contributed by atoms with E-state index in [-0.39, 0.29) is 11.7 Å². The van der Waals surface area contributed by atoms with Crippen molar-refractivity contribution in [2.45, 2.75) is 8.42 Å². The largest absolute Gasteiger partial charge is 0.383 e. The molecule has 6 aromatic rings. The lowest BCUT2D eigenvalue weighted by molar-refractivity contribution is 1.41. The molecule has 0 atom stereocenters. The second kappa shape index (κ2) is 14.5. The fourth-order valence-corrected chi connectivity index (χ4v) is 7.64. The summed E-state index contributed by atoms with van der Waals surface area (Å²) in [5.74, 6) is 0.211. The maximum Gasteiger partial charge on any atom is 0.133 e. The summed E-state index contributed by atoms with van der Waals surface area (Å²) < 4.78 is 2.24. The number of rotatable bonds is 9. The van der Waals surface area contributed by atoms with Gasteiger partial charge in [0.15, 0.2) is 0 Å². The summed E-state index contributed by atoms with van der Waals surface area (Å²) in [5, 5.41) is 23.1. The van der Waals surface area contributed by atoms with Gasteiger partial charge in [0.05, 0.1) is 35.1 Å². The van der Waals surface area contributed by atoms with Crippen LogP contribution in [0, 0.1) is 10.8 Å². The van der Waals surface area contributed by atoms with Gasteiger partial charge in [0.2, 0.25) is 0 Å². The third-order valence-electron chi connectivity index (χ3n) is 6.43. The van der Waals surface area contributed by atoms with Crippen molar-refractivity contribution >= 4 is 91.5 Å². The van der Waals surface area contributed by atoms with E-state index in [1.54, 1.807) is 29.7 Å². The molecule has 0 saturated heterocycles. The number of aromatic nitrogens is 1. The average Bonchev–Trinajstić information content (AvgIpc) is 3.66. The fraction of sp³-hybridized carbons (Fsp3) is 0.0606. The van der Waals surface area contributed by atoms with Crippen LogP contribution < -0.4 is 22.1 Å². The molecule has 7 nitrogen and oxygen atoms in total. The maximum absolute atomic E-state index is 7.60. The summed E-state index contributed by atoms with van der Waals surface area (Å²) >= 11 is 6.37. The molecule has 0 unspecified atom stereocenters. The predicted octanol–water partition coefficient (Wildman–Crippen LogP) is 9.21. The minimum absolute atomic E-state index is 0.103. The molecule has 3 aromatic carbocycles. The van der Waals surface area contributed by atoms with Crippen LogP contribution in [0.25, 0.3) is 22.0 Å². The average molecular weight is 654 g/mol. The summed E-state index contributed by atoms with van der Waals surface area (Å²) in [4.78, 5) is 5.89. The highest BCUT2D eigenvalue weighted by molar-refractivity contribution is 8.00. The van der Waals surface area contributed by atoms with Crippen molar-refractivity contribution in [3.63, 3.8) is 0 Å². The van der Waals surface area contributed by atoms with Gasteiger partial charge >= 0.3 is 0 Å². The Kier molecular flexibility index (Phi) is 10.2. The Balaban J connectivity index is 0.000000175. The topological polar surface area (TPSA) is 137 Å². The zero-order valence-corrected chi connectivity index (χ0v) is 27.3. The lowest BCUT2D eigenvalue weighted by atomic mass is 10.1. The number of benzene rings is 3. The van der Waals surface area contributed by atoms with Crippen LogP contribution in [0.4, 0.5) is 22.7 Å². The number of hydrogen-bond donors (Lipinski definition) is 6. The number of thiophene rings is 2. The molecule has 0 spiro atoms.